The number of nitrogens with one attached hydrogen (secondary N) is 1. The van der Waals surface area contributed by atoms with Gasteiger partial charge in [0.25, 0.3) is 0 Å². The van der Waals surface area contributed by atoms with Gasteiger partial charge < -0.3 is 10.4 Å². The van der Waals surface area contributed by atoms with E-state index < -0.39 is 5.97 Å². The molecule has 104 valence electrons. The molecule has 0 bridgehead atoms. The smallest absolute Gasteiger partial charge is 0.303 e. The summed E-state index contributed by atoms with van der Waals surface area (Å²) in [5.74, 6) is -0.518. The van der Waals surface area contributed by atoms with Crippen molar-refractivity contribution in [3.05, 3.63) is 0 Å². The first-order valence-corrected chi connectivity index (χ1v) is 6.78. The first-order chi connectivity index (χ1) is 8.54. The molecule has 2 N–H and O–H groups in total. The highest BCUT2D eigenvalue weighted by molar-refractivity contribution is 5.81. The maximum absolute atomic E-state index is 11.9. The summed E-state index contributed by atoms with van der Waals surface area (Å²) < 4.78 is 0. The van der Waals surface area contributed by atoms with E-state index in [2.05, 4.69) is 10.2 Å². The third-order valence-electron chi connectivity index (χ3n) is 3.49. The molecule has 1 fully saturated rings. The lowest BCUT2D eigenvalue weighted by molar-refractivity contribution is -0.138. The number of carboxylic acid groups (broad SMARTS) is 1. The molecule has 1 heterocycles. The first kappa shape index (κ1) is 15.0. The molecule has 5 nitrogen and oxygen atoms in total. The molecule has 1 aliphatic heterocycles. The van der Waals surface area contributed by atoms with Gasteiger partial charge in [-0.15, -0.1) is 0 Å². The first-order valence-electron chi connectivity index (χ1n) is 6.78. The van der Waals surface area contributed by atoms with Crippen LogP contribution in [-0.4, -0.2) is 47.6 Å². The summed E-state index contributed by atoms with van der Waals surface area (Å²) in [5, 5.41) is 11.7. The van der Waals surface area contributed by atoms with Crippen LogP contribution in [0.4, 0.5) is 0 Å². The maximum atomic E-state index is 11.9. The topological polar surface area (TPSA) is 69.6 Å². The molecule has 1 saturated heterocycles. The van der Waals surface area contributed by atoms with Gasteiger partial charge >= 0.3 is 5.97 Å². The van der Waals surface area contributed by atoms with E-state index >= 15 is 0 Å². The summed E-state index contributed by atoms with van der Waals surface area (Å²) in [4.78, 5) is 24.7. The molecule has 0 spiro atoms. The molecule has 0 saturated carbocycles. The van der Waals surface area contributed by atoms with Crippen molar-refractivity contribution in [1.29, 1.82) is 0 Å². The molecule has 0 aromatic rings. The number of rotatable bonds is 6. The maximum Gasteiger partial charge on any atom is 0.303 e. The van der Waals surface area contributed by atoms with Gasteiger partial charge in [-0.05, 0) is 38.6 Å². The summed E-state index contributed by atoms with van der Waals surface area (Å²) in [5.41, 5.74) is 0. The van der Waals surface area contributed by atoms with Crippen molar-refractivity contribution < 1.29 is 14.7 Å². The lowest BCUT2D eigenvalue weighted by Crippen LogP contribution is -2.49. The minimum absolute atomic E-state index is 0.0489. The molecular formula is C13H24N2O3. The van der Waals surface area contributed by atoms with Crippen molar-refractivity contribution in [2.24, 2.45) is 5.92 Å². The fourth-order valence-electron chi connectivity index (χ4n) is 2.42. The predicted molar refractivity (Wildman–Crippen MR) is 69.3 cm³/mol. The van der Waals surface area contributed by atoms with E-state index in [4.69, 9.17) is 5.11 Å². The number of carboxylic acids is 1. The van der Waals surface area contributed by atoms with Crippen LogP contribution in [0.25, 0.3) is 0 Å². The molecule has 5 heteroatoms. The van der Waals surface area contributed by atoms with Gasteiger partial charge in [0.2, 0.25) is 5.91 Å². The minimum Gasteiger partial charge on any atom is -0.481 e. The number of carbonyl (C=O) groups is 2. The third kappa shape index (κ3) is 4.64. The molecule has 2 unspecified atom stereocenters. The summed E-state index contributed by atoms with van der Waals surface area (Å²) in [7, 11) is 0. The molecule has 0 aromatic heterocycles. The van der Waals surface area contributed by atoms with Gasteiger partial charge in [0, 0.05) is 19.5 Å². The van der Waals surface area contributed by atoms with Gasteiger partial charge in [-0.1, -0.05) is 6.92 Å². The van der Waals surface area contributed by atoms with Crippen molar-refractivity contribution in [2.45, 2.75) is 45.6 Å². The largest absolute Gasteiger partial charge is 0.481 e. The summed E-state index contributed by atoms with van der Waals surface area (Å²) in [6, 6.07) is -0.159. The Balaban J connectivity index is 2.44. The summed E-state index contributed by atoms with van der Waals surface area (Å²) in [6.45, 7) is 6.22. The number of carbonyl (C=O) groups excluding carboxylic acids is 1. The Labute approximate surface area is 109 Å². The minimum atomic E-state index is -0.745. The fourth-order valence-corrected chi connectivity index (χ4v) is 2.42. The zero-order chi connectivity index (χ0) is 13.5. The van der Waals surface area contributed by atoms with Crippen LogP contribution in [0.3, 0.4) is 0 Å². The van der Waals surface area contributed by atoms with E-state index in [1.54, 1.807) is 0 Å². The van der Waals surface area contributed by atoms with Gasteiger partial charge in [0.05, 0.1) is 6.04 Å². The number of likely N-dealkylation sites (tertiary alicyclic amines) is 1. The normalized spacial score (nSPS) is 22.4. The lowest BCUT2D eigenvalue weighted by Gasteiger charge is -2.35. The number of hydrogen-bond donors (Lipinski definition) is 2. The van der Waals surface area contributed by atoms with Gasteiger partial charge in [-0.3, -0.25) is 14.5 Å². The van der Waals surface area contributed by atoms with Crippen LogP contribution >= 0.6 is 0 Å². The Morgan fingerprint density at radius 2 is 2.22 bits per heavy atom. The van der Waals surface area contributed by atoms with Crippen molar-refractivity contribution in [1.82, 2.24) is 10.2 Å². The highest BCUT2D eigenvalue weighted by atomic mass is 16.4. The van der Waals surface area contributed by atoms with Crippen molar-refractivity contribution >= 4 is 11.9 Å². The van der Waals surface area contributed by atoms with E-state index in [-0.39, 0.29) is 24.3 Å². The average Bonchev–Trinajstić information content (AvgIpc) is 2.34. The van der Waals surface area contributed by atoms with Crippen LogP contribution in [0.2, 0.25) is 0 Å². The molecule has 2 atom stereocenters. The van der Waals surface area contributed by atoms with Crippen molar-refractivity contribution in [2.75, 3.05) is 19.6 Å². The molecule has 1 aliphatic rings. The van der Waals surface area contributed by atoms with Crippen LogP contribution in [0.1, 0.15) is 39.5 Å². The zero-order valence-electron chi connectivity index (χ0n) is 11.3. The van der Waals surface area contributed by atoms with Gasteiger partial charge in [-0.25, -0.2) is 0 Å². The summed E-state index contributed by atoms with van der Waals surface area (Å²) in [6.07, 6.45) is 3.06. The summed E-state index contributed by atoms with van der Waals surface area (Å²) >= 11 is 0. The molecule has 1 amide bonds. The highest BCUT2D eigenvalue weighted by Crippen LogP contribution is 2.21. The monoisotopic (exact) mass is 256 g/mol. The fraction of sp³-hybridized carbons (Fsp3) is 0.846. The van der Waals surface area contributed by atoms with Crippen LogP contribution in [-0.2, 0) is 9.59 Å². The van der Waals surface area contributed by atoms with Gasteiger partial charge in [0.1, 0.15) is 0 Å². The number of hydrogen-bond acceptors (Lipinski definition) is 3. The molecule has 18 heavy (non-hydrogen) atoms. The average molecular weight is 256 g/mol. The quantitative estimate of drug-likeness (QED) is 0.746. The second kappa shape index (κ2) is 7.36. The molecular weight excluding hydrogens is 232 g/mol. The van der Waals surface area contributed by atoms with Crippen molar-refractivity contribution in [3.63, 3.8) is 0 Å². The van der Waals surface area contributed by atoms with Crippen LogP contribution in [0, 0.1) is 5.92 Å². The van der Waals surface area contributed by atoms with E-state index in [1.165, 1.54) is 0 Å². The van der Waals surface area contributed by atoms with Gasteiger partial charge in [-0.2, -0.15) is 0 Å². The molecule has 0 aliphatic carbocycles. The second-order valence-corrected chi connectivity index (χ2v) is 5.07. The number of amides is 1. The number of piperidine rings is 1. The van der Waals surface area contributed by atoms with Crippen LogP contribution in [0.5, 0.6) is 0 Å². The predicted octanol–water partition coefficient (Wildman–Crippen LogP) is 1.09. The Kier molecular flexibility index (Phi) is 6.12. The Bertz CT molecular complexity index is 294. The van der Waals surface area contributed by atoms with E-state index in [9.17, 15) is 9.59 Å². The number of aliphatic carboxylic acids is 1. The second-order valence-electron chi connectivity index (χ2n) is 5.07. The van der Waals surface area contributed by atoms with E-state index in [1.807, 2.05) is 13.8 Å². The highest BCUT2D eigenvalue weighted by Gasteiger charge is 2.28. The SMILES string of the molecule is CCCNC(=O)C(C)N1CCCC(CC(=O)O)C1. The van der Waals surface area contributed by atoms with Crippen molar-refractivity contribution in [3.8, 4) is 0 Å². The standard InChI is InChI=1S/C13H24N2O3/c1-3-6-14-13(18)10(2)15-7-4-5-11(9-15)8-12(16)17/h10-11H,3-9H2,1-2H3,(H,14,18)(H,16,17). The molecule has 0 radical (unpaired) electrons. The third-order valence-corrected chi connectivity index (χ3v) is 3.49. The molecule has 0 aromatic carbocycles. The zero-order valence-corrected chi connectivity index (χ0v) is 11.3. The lowest BCUT2D eigenvalue weighted by atomic mass is 9.94. The van der Waals surface area contributed by atoms with E-state index in [0.717, 1.165) is 25.8 Å². The Hall–Kier alpha value is -1.10. The van der Waals surface area contributed by atoms with Crippen LogP contribution < -0.4 is 5.32 Å². The molecule has 1 rings (SSSR count). The number of nitrogens with zero attached hydrogens (tertiary/aromatic N) is 1. The Morgan fingerprint density at radius 3 is 2.83 bits per heavy atom. The van der Waals surface area contributed by atoms with Crippen LogP contribution in [0.15, 0.2) is 0 Å². The van der Waals surface area contributed by atoms with Gasteiger partial charge in [0.15, 0.2) is 0 Å². The Morgan fingerprint density at radius 1 is 1.50 bits per heavy atom. The van der Waals surface area contributed by atoms with E-state index in [0.29, 0.717) is 13.1 Å².